The third-order valence-electron chi connectivity index (χ3n) is 8.33. The largest absolute Gasteiger partial charge is 0.388 e. The lowest BCUT2D eigenvalue weighted by Gasteiger charge is -2.31. The summed E-state index contributed by atoms with van der Waals surface area (Å²) in [6.45, 7) is 3.84. The zero-order valence-corrected chi connectivity index (χ0v) is 27.3. The molecule has 44 heavy (non-hydrogen) atoms. The van der Waals surface area contributed by atoms with Gasteiger partial charge in [-0.25, -0.2) is 0 Å². The van der Waals surface area contributed by atoms with Gasteiger partial charge in [0.25, 0.3) is 0 Å². The van der Waals surface area contributed by atoms with E-state index in [4.69, 9.17) is 14.2 Å². The second kappa shape index (κ2) is 23.8. The van der Waals surface area contributed by atoms with Crippen molar-refractivity contribution >= 4 is 0 Å². The van der Waals surface area contributed by atoms with E-state index in [-0.39, 0.29) is 12.7 Å². The Bertz CT molecular complexity index is 1040. The Morgan fingerprint density at radius 1 is 0.500 bits per heavy atom. The molecule has 0 unspecified atom stereocenters. The molecule has 0 aromatic heterocycles. The Morgan fingerprint density at radius 2 is 0.909 bits per heavy atom. The highest BCUT2D eigenvalue weighted by Crippen LogP contribution is 2.22. The molecule has 0 saturated heterocycles. The van der Waals surface area contributed by atoms with Gasteiger partial charge in [0, 0.05) is 0 Å². The van der Waals surface area contributed by atoms with Crippen molar-refractivity contribution in [3.8, 4) is 0 Å². The fourth-order valence-electron chi connectivity index (χ4n) is 5.68. The average molecular weight is 603 g/mol. The molecule has 3 atom stereocenters. The summed E-state index contributed by atoms with van der Waals surface area (Å²) in [5.74, 6) is 0. The lowest BCUT2D eigenvalue weighted by Crippen LogP contribution is -2.43. The van der Waals surface area contributed by atoms with Crippen molar-refractivity contribution in [1.29, 1.82) is 0 Å². The second-order valence-electron chi connectivity index (χ2n) is 12.2. The van der Waals surface area contributed by atoms with Crippen molar-refractivity contribution in [3.63, 3.8) is 0 Å². The van der Waals surface area contributed by atoms with Gasteiger partial charge in [-0.05, 0) is 23.1 Å². The predicted molar refractivity (Wildman–Crippen MR) is 182 cm³/mol. The van der Waals surface area contributed by atoms with Crippen molar-refractivity contribution < 1.29 is 19.3 Å². The quantitative estimate of drug-likeness (QED) is 0.0929. The van der Waals surface area contributed by atoms with Crippen LogP contribution in [0.3, 0.4) is 0 Å². The van der Waals surface area contributed by atoms with Gasteiger partial charge < -0.3 is 19.3 Å². The molecule has 4 heteroatoms. The third kappa shape index (κ3) is 16.0. The molecule has 0 bridgehead atoms. The number of hydrogen-bond donors (Lipinski definition) is 1. The van der Waals surface area contributed by atoms with Crippen LogP contribution in [-0.2, 0) is 34.0 Å². The normalized spacial score (nSPS) is 13.5. The highest BCUT2D eigenvalue weighted by Gasteiger charge is 2.30. The summed E-state index contributed by atoms with van der Waals surface area (Å²) in [6, 6.07) is 30.5. The minimum absolute atomic E-state index is 0.193. The van der Waals surface area contributed by atoms with Crippen LogP contribution in [-0.4, -0.2) is 30.0 Å². The Balaban J connectivity index is 1.51. The lowest BCUT2D eigenvalue weighted by atomic mass is 9.99. The molecule has 1 N–H and O–H groups in total. The van der Waals surface area contributed by atoms with Crippen molar-refractivity contribution in [2.75, 3.05) is 6.61 Å². The van der Waals surface area contributed by atoms with E-state index in [0.717, 1.165) is 29.5 Å². The van der Waals surface area contributed by atoms with E-state index >= 15 is 0 Å². The number of unbranched alkanes of at least 4 members (excludes halogenated alkanes) is 12. The highest BCUT2D eigenvalue weighted by molar-refractivity contribution is 5.15. The minimum atomic E-state index is -0.801. The molecule has 4 nitrogen and oxygen atoms in total. The summed E-state index contributed by atoms with van der Waals surface area (Å²) in [5.41, 5.74) is 3.29. The maximum atomic E-state index is 11.4. The number of aliphatic hydroxyl groups is 1. The van der Waals surface area contributed by atoms with Crippen LogP contribution in [0.2, 0.25) is 0 Å². The number of benzene rings is 3. The Kier molecular flexibility index (Phi) is 19.5. The van der Waals surface area contributed by atoms with E-state index in [1.807, 2.05) is 66.7 Å². The molecule has 0 aliphatic heterocycles. The van der Waals surface area contributed by atoms with E-state index in [0.29, 0.717) is 19.8 Å². The zero-order chi connectivity index (χ0) is 30.9. The van der Waals surface area contributed by atoms with Gasteiger partial charge >= 0.3 is 0 Å². The summed E-state index contributed by atoms with van der Waals surface area (Å²) in [5, 5.41) is 11.4. The first kappa shape index (κ1) is 36.0. The molecule has 0 aliphatic rings. The first-order chi connectivity index (χ1) is 21.8. The van der Waals surface area contributed by atoms with Gasteiger partial charge in [0.05, 0.1) is 32.5 Å². The smallest absolute Gasteiger partial charge is 0.112 e. The SMILES string of the molecule is CCCCCCCCCCCCCCC[C@@H](OCc1ccccc1)[C@@H](OCc1ccccc1)[C@H](O)COCc1ccccc1. The second-order valence-corrected chi connectivity index (χ2v) is 12.2. The number of aliphatic hydroxyl groups excluding tert-OH is 1. The first-order valence-corrected chi connectivity index (χ1v) is 17.4. The molecule has 3 rings (SSSR count). The van der Waals surface area contributed by atoms with Gasteiger partial charge in [0.1, 0.15) is 12.2 Å². The van der Waals surface area contributed by atoms with Crippen LogP contribution >= 0.6 is 0 Å². The van der Waals surface area contributed by atoms with Crippen molar-refractivity contribution in [2.45, 2.75) is 135 Å². The summed E-state index contributed by atoms with van der Waals surface area (Å²) < 4.78 is 18.9. The molecule has 242 valence electrons. The number of hydrogen-bond acceptors (Lipinski definition) is 4. The summed E-state index contributed by atoms with van der Waals surface area (Å²) in [6.07, 6.45) is 16.5. The fraction of sp³-hybridized carbons (Fsp3) is 0.550. The van der Waals surface area contributed by atoms with Crippen LogP contribution in [0.4, 0.5) is 0 Å². The molecule has 0 amide bonds. The van der Waals surface area contributed by atoms with E-state index < -0.39 is 12.2 Å². The number of ether oxygens (including phenoxy) is 3. The van der Waals surface area contributed by atoms with Gasteiger partial charge in [-0.2, -0.15) is 0 Å². The van der Waals surface area contributed by atoms with Crippen LogP contribution in [0.15, 0.2) is 91.0 Å². The molecule has 0 aliphatic carbocycles. The summed E-state index contributed by atoms with van der Waals surface area (Å²) >= 11 is 0. The van der Waals surface area contributed by atoms with Crippen LogP contribution in [0.1, 0.15) is 114 Å². The Hall–Kier alpha value is -2.50. The van der Waals surface area contributed by atoms with Crippen LogP contribution in [0.5, 0.6) is 0 Å². The Labute approximate surface area is 268 Å². The predicted octanol–water partition coefficient (Wildman–Crippen LogP) is 10.2. The summed E-state index contributed by atoms with van der Waals surface area (Å²) in [4.78, 5) is 0. The van der Waals surface area contributed by atoms with Crippen molar-refractivity contribution in [1.82, 2.24) is 0 Å². The maximum Gasteiger partial charge on any atom is 0.112 e. The fourth-order valence-corrected chi connectivity index (χ4v) is 5.68. The monoisotopic (exact) mass is 602 g/mol. The van der Waals surface area contributed by atoms with E-state index in [2.05, 4.69) is 31.2 Å². The topological polar surface area (TPSA) is 47.9 Å². The molecule has 0 heterocycles. The minimum Gasteiger partial charge on any atom is -0.388 e. The summed E-state index contributed by atoms with van der Waals surface area (Å²) in [7, 11) is 0. The van der Waals surface area contributed by atoms with E-state index in [1.165, 1.54) is 77.0 Å². The molecule has 0 radical (unpaired) electrons. The van der Waals surface area contributed by atoms with Gasteiger partial charge in [0.15, 0.2) is 0 Å². The highest BCUT2D eigenvalue weighted by atomic mass is 16.6. The van der Waals surface area contributed by atoms with Gasteiger partial charge in [-0.3, -0.25) is 0 Å². The maximum absolute atomic E-state index is 11.4. The zero-order valence-electron chi connectivity index (χ0n) is 27.3. The molecule has 3 aromatic carbocycles. The third-order valence-corrected chi connectivity index (χ3v) is 8.33. The molecule has 0 saturated carbocycles. The van der Waals surface area contributed by atoms with E-state index in [9.17, 15) is 5.11 Å². The first-order valence-electron chi connectivity index (χ1n) is 17.4. The van der Waals surface area contributed by atoms with Crippen LogP contribution < -0.4 is 0 Å². The average Bonchev–Trinajstić information content (AvgIpc) is 3.06. The van der Waals surface area contributed by atoms with Crippen LogP contribution in [0.25, 0.3) is 0 Å². The van der Waals surface area contributed by atoms with Crippen LogP contribution in [0, 0.1) is 0 Å². The molecule has 0 spiro atoms. The molecular weight excluding hydrogens is 544 g/mol. The van der Waals surface area contributed by atoms with Gasteiger partial charge in [0.2, 0.25) is 0 Å². The molecule has 3 aromatic rings. The lowest BCUT2D eigenvalue weighted by molar-refractivity contribution is -0.149. The standard InChI is InChI=1S/C40H58O4/c1-2-3-4-5-6-7-8-9-10-11-12-13-23-30-39(43-32-36-26-19-15-20-27-36)40(44-33-37-28-21-16-22-29-37)38(41)34-42-31-35-24-17-14-18-25-35/h14-22,24-29,38-41H,2-13,23,30-34H2,1H3/t38-,39-,40+/m1/s1. The van der Waals surface area contributed by atoms with Crippen molar-refractivity contribution in [3.05, 3.63) is 108 Å². The van der Waals surface area contributed by atoms with Crippen molar-refractivity contribution in [2.24, 2.45) is 0 Å². The molecule has 0 fully saturated rings. The van der Waals surface area contributed by atoms with Gasteiger partial charge in [-0.15, -0.1) is 0 Å². The number of rotatable bonds is 26. The molecular formula is C40H58O4. The van der Waals surface area contributed by atoms with Gasteiger partial charge in [-0.1, -0.05) is 181 Å². The Morgan fingerprint density at radius 3 is 1.39 bits per heavy atom. The van der Waals surface area contributed by atoms with E-state index in [1.54, 1.807) is 0 Å².